The molecule has 0 radical (unpaired) electrons. The summed E-state index contributed by atoms with van der Waals surface area (Å²) < 4.78 is 3.02. The molecule has 2 fully saturated rings. The molecule has 3 N–H and O–H groups in total. The van der Waals surface area contributed by atoms with Gasteiger partial charge in [-0.15, -0.1) is 0 Å². The molecule has 10 heteroatoms. The number of carbonyl (C=O) groups is 3. The van der Waals surface area contributed by atoms with Gasteiger partial charge in [-0.2, -0.15) is 0 Å². The lowest BCUT2D eigenvalue weighted by atomic mass is 10.0. The Morgan fingerprint density at radius 1 is 1.23 bits per heavy atom. The quantitative estimate of drug-likeness (QED) is 0.534. The third-order valence-corrected chi connectivity index (χ3v) is 6.17. The van der Waals surface area contributed by atoms with Crippen molar-refractivity contribution in [2.75, 3.05) is 26.2 Å². The minimum Gasteiger partial charge on any atom is -0.480 e. The molecule has 1 unspecified atom stereocenters. The van der Waals surface area contributed by atoms with E-state index in [9.17, 15) is 24.3 Å². The predicted molar refractivity (Wildman–Crippen MR) is 113 cm³/mol. The number of nitrogens with one attached hydrogen (secondary N) is 2. The highest BCUT2D eigenvalue weighted by atomic mass is 16.4. The molecule has 166 valence electrons. The first kappa shape index (κ1) is 21.3. The molecule has 2 amide bonds. The second-order valence-corrected chi connectivity index (χ2v) is 8.25. The van der Waals surface area contributed by atoms with Gasteiger partial charge in [0.05, 0.1) is 11.0 Å². The van der Waals surface area contributed by atoms with Crippen molar-refractivity contribution in [3.8, 4) is 0 Å². The molecule has 1 aromatic heterocycles. The average Bonchev–Trinajstić information content (AvgIpc) is 2.99. The Bertz CT molecular complexity index is 1090. The normalized spacial score (nSPS) is 22.6. The van der Waals surface area contributed by atoms with E-state index in [0.717, 1.165) is 37.0 Å². The molecule has 2 aliphatic rings. The zero-order valence-electron chi connectivity index (χ0n) is 17.5. The van der Waals surface area contributed by atoms with Gasteiger partial charge < -0.3 is 10.4 Å². The molecule has 0 aliphatic carbocycles. The topological polar surface area (TPSA) is 126 Å². The summed E-state index contributed by atoms with van der Waals surface area (Å²) in [4.78, 5) is 49.9. The monoisotopic (exact) mass is 429 g/mol. The third-order valence-electron chi connectivity index (χ3n) is 6.17. The standard InChI is InChI=1S/C21H27N5O5/c1-24-17-11-13(3-2-9-25-10-8-22-14(12-25)20(29)30)4-5-15(17)26(21(24)31)16-6-7-18(27)23-19(16)28/h4-5,11,14,16,22H,2-3,6-10,12H2,1H3,(H,29,30)(H,23,27,28)/t14-,16?/m0/s1. The van der Waals surface area contributed by atoms with E-state index in [-0.39, 0.29) is 18.0 Å². The van der Waals surface area contributed by atoms with Crippen LogP contribution in [0.15, 0.2) is 23.0 Å². The number of imidazole rings is 1. The summed E-state index contributed by atoms with van der Waals surface area (Å²) in [5.74, 6) is -1.57. The number of fused-ring (bicyclic) bond motifs is 1. The molecule has 3 heterocycles. The van der Waals surface area contributed by atoms with Gasteiger partial charge >= 0.3 is 11.7 Å². The summed E-state index contributed by atoms with van der Waals surface area (Å²) in [5, 5.41) is 14.5. The summed E-state index contributed by atoms with van der Waals surface area (Å²) in [6.45, 7) is 2.79. The molecule has 0 saturated carbocycles. The number of aryl methyl sites for hydroxylation is 2. The largest absolute Gasteiger partial charge is 0.480 e. The van der Waals surface area contributed by atoms with E-state index < -0.39 is 24.0 Å². The van der Waals surface area contributed by atoms with E-state index in [1.165, 1.54) is 9.13 Å². The van der Waals surface area contributed by atoms with E-state index in [1.807, 2.05) is 18.2 Å². The maximum absolute atomic E-state index is 12.8. The number of carbonyl (C=O) groups excluding carboxylic acids is 2. The van der Waals surface area contributed by atoms with Gasteiger partial charge in [-0.25, -0.2) is 4.79 Å². The van der Waals surface area contributed by atoms with E-state index in [1.54, 1.807) is 7.05 Å². The molecule has 2 aliphatic heterocycles. The van der Waals surface area contributed by atoms with Crippen molar-refractivity contribution in [2.45, 2.75) is 37.8 Å². The fourth-order valence-electron chi connectivity index (χ4n) is 4.48. The summed E-state index contributed by atoms with van der Waals surface area (Å²) in [6.07, 6.45) is 2.20. The van der Waals surface area contributed by atoms with Crippen molar-refractivity contribution >= 4 is 28.8 Å². The number of piperazine rings is 1. The van der Waals surface area contributed by atoms with E-state index in [2.05, 4.69) is 15.5 Å². The molecule has 4 rings (SSSR count). The maximum Gasteiger partial charge on any atom is 0.329 e. The second-order valence-electron chi connectivity index (χ2n) is 8.25. The van der Waals surface area contributed by atoms with Crippen molar-refractivity contribution < 1.29 is 19.5 Å². The zero-order valence-corrected chi connectivity index (χ0v) is 17.5. The van der Waals surface area contributed by atoms with Crippen LogP contribution in [0.5, 0.6) is 0 Å². The van der Waals surface area contributed by atoms with Crippen LogP contribution in [-0.2, 0) is 27.9 Å². The van der Waals surface area contributed by atoms with E-state index >= 15 is 0 Å². The highest BCUT2D eigenvalue weighted by molar-refractivity contribution is 6.00. The summed E-state index contributed by atoms with van der Waals surface area (Å²) in [5.41, 5.74) is 2.23. The number of aromatic nitrogens is 2. The number of hydrogen-bond acceptors (Lipinski definition) is 6. The molecule has 2 aromatic rings. The molecular weight excluding hydrogens is 402 g/mol. The van der Waals surface area contributed by atoms with Crippen LogP contribution in [0, 0.1) is 0 Å². The van der Waals surface area contributed by atoms with Crippen LogP contribution in [0.3, 0.4) is 0 Å². The van der Waals surface area contributed by atoms with E-state index in [4.69, 9.17) is 0 Å². The number of aliphatic carboxylic acids is 1. The second kappa shape index (κ2) is 8.64. The molecule has 2 saturated heterocycles. The first-order valence-corrected chi connectivity index (χ1v) is 10.6. The van der Waals surface area contributed by atoms with E-state index in [0.29, 0.717) is 25.0 Å². The van der Waals surface area contributed by atoms with Crippen LogP contribution in [0.2, 0.25) is 0 Å². The Morgan fingerprint density at radius 2 is 2.03 bits per heavy atom. The Kier molecular flexibility index (Phi) is 5.92. The summed E-state index contributed by atoms with van der Waals surface area (Å²) in [6, 6.07) is 4.58. The number of rotatable bonds is 6. The Hall–Kier alpha value is -2.98. The molecule has 0 spiro atoms. The molecule has 1 aromatic carbocycles. The summed E-state index contributed by atoms with van der Waals surface area (Å²) >= 11 is 0. The smallest absolute Gasteiger partial charge is 0.329 e. The molecular formula is C21H27N5O5. The number of nitrogens with zero attached hydrogens (tertiary/aromatic N) is 3. The zero-order chi connectivity index (χ0) is 22.1. The number of amides is 2. The van der Waals surface area contributed by atoms with Crippen LogP contribution < -0.4 is 16.3 Å². The maximum atomic E-state index is 12.8. The van der Waals surface area contributed by atoms with Gasteiger partial charge in [-0.1, -0.05) is 6.07 Å². The van der Waals surface area contributed by atoms with Gasteiger partial charge in [0.2, 0.25) is 11.8 Å². The molecule has 31 heavy (non-hydrogen) atoms. The highest BCUT2D eigenvalue weighted by Crippen LogP contribution is 2.24. The predicted octanol–water partition coefficient (Wildman–Crippen LogP) is -0.391. The van der Waals surface area contributed by atoms with Crippen molar-refractivity contribution in [2.24, 2.45) is 7.05 Å². The van der Waals surface area contributed by atoms with Crippen LogP contribution in [-0.4, -0.2) is 69.1 Å². The number of carboxylic acids is 1. The lowest BCUT2D eigenvalue weighted by Crippen LogP contribution is -2.54. The average molecular weight is 429 g/mol. The Balaban J connectivity index is 1.47. The number of hydrogen-bond donors (Lipinski definition) is 3. The SMILES string of the molecule is Cn1c(=O)n(C2CCC(=O)NC2=O)c2ccc(CCCN3CCN[C@H](C(=O)O)C3)cc21. The van der Waals surface area contributed by atoms with Crippen molar-refractivity contribution in [3.63, 3.8) is 0 Å². The third kappa shape index (κ3) is 4.26. The van der Waals surface area contributed by atoms with Gasteiger partial charge in [0.15, 0.2) is 0 Å². The van der Waals surface area contributed by atoms with Crippen molar-refractivity contribution in [3.05, 3.63) is 34.2 Å². The highest BCUT2D eigenvalue weighted by Gasteiger charge is 2.31. The van der Waals surface area contributed by atoms with Crippen LogP contribution in [0.4, 0.5) is 0 Å². The lowest BCUT2D eigenvalue weighted by molar-refractivity contribution is -0.141. The fourth-order valence-corrected chi connectivity index (χ4v) is 4.48. The molecule has 0 bridgehead atoms. The first-order chi connectivity index (χ1) is 14.8. The fraction of sp³-hybridized carbons (Fsp3) is 0.524. The van der Waals surface area contributed by atoms with Gasteiger partial charge in [0, 0.05) is 33.1 Å². The lowest BCUT2D eigenvalue weighted by Gasteiger charge is -2.31. The molecule has 10 nitrogen and oxygen atoms in total. The van der Waals surface area contributed by atoms with Crippen molar-refractivity contribution in [1.29, 1.82) is 0 Å². The van der Waals surface area contributed by atoms with Crippen LogP contribution in [0.1, 0.15) is 30.9 Å². The van der Waals surface area contributed by atoms with Crippen molar-refractivity contribution in [1.82, 2.24) is 24.7 Å². The Morgan fingerprint density at radius 3 is 2.77 bits per heavy atom. The first-order valence-electron chi connectivity index (χ1n) is 10.6. The number of benzene rings is 1. The van der Waals surface area contributed by atoms with Gasteiger partial charge in [0.25, 0.3) is 0 Å². The number of piperidine rings is 1. The minimum absolute atomic E-state index is 0.214. The van der Waals surface area contributed by atoms with Crippen LogP contribution >= 0.6 is 0 Å². The minimum atomic E-state index is -0.823. The molecule has 2 atom stereocenters. The number of carboxylic acid groups (broad SMARTS) is 1. The van der Waals surface area contributed by atoms with Crippen LogP contribution in [0.25, 0.3) is 11.0 Å². The summed E-state index contributed by atoms with van der Waals surface area (Å²) in [7, 11) is 1.68. The Labute approximate surface area is 178 Å². The number of imide groups is 1. The van der Waals surface area contributed by atoms with Gasteiger partial charge in [-0.05, 0) is 43.5 Å². The van der Waals surface area contributed by atoms with Gasteiger partial charge in [0.1, 0.15) is 12.1 Å². The van der Waals surface area contributed by atoms with Gasteiger partial charge in [-0.3, -0.25) is 33.7 Å².